The zero-order valence-electron chi connectivity index (χ0n) is 10.8. The predicted molar refractivity (Wildman–Crippen MR) is 67.4 cm³/mol. The summed E-state index contributed by atoms with van der Waals surface area (Å²) in [6.07, 6.45) is 7.34. The molecule has 0 heterocycles. The first-order valence-corrected chi connectivity index (χ1v) is 6.68. The topological polar surface area (TPSA) is 32.3 Å². The SMILES string of the molecule is CCNCCC(=O)N(C)CC1CCCCC1. The van der Waals surface area contributed by atoms with Crippen LogP contribution in [-0.2, 0) is 4.79 Å². The minimum Gasteiger partial charge on any atom is -0.345 e. The van der Waals surface area contributed by atoms with Crippen LogP contribution < -0.4 is 5.32 Å². The third-order valence-corrected chi connectivity index (χ3v) is 3.45. The van der Waals surface area contributed by atoms with E-state index in [0.29, 0.717) is 6.42 Å². The molecule has 1 N–H and O–H groups in total. The molecule has 1 aliphatic rings. The number of nitrogens with zero attached hydrogens (tertiary/aromatic N) is 1. The zero-order chi connectivity index (χ0) is 11.8. The fourth-order valence-corrected chi connectivity index (χ4v) is 2.42. The summed E-state index contributed by atoms with van der Waals surface area (Å²) in [5, 5.41) is 3.19. The smallest absolute Gasteiger partial charge is 0.223 e. The fourth-order valence-electron chi connectivity index (χ4n) is 2.42. The van der Waals surface area contributed by atoms with E-state index in [2.05, 4.69) is 12.2 Å². The van der Waals surface area contributed by atoms with Crippen molar-refractivity contribution in [3.8, 4) is 0 Å². The maximum absolute atomic E-state index is 11.8. The van der Waals surface area contributed by atoms with Gasteiger partial charge in [-0.25, -0.2) is 0 Å². The highest BCUT2D eigenvalue weighted by atomic mass is 16.2. The lowest BCUT2D eigenvalue weighted by Gasteiger charge is -2.27. The summed E-state index contributed by atoms with van der Waals surface area (Å²) in [5.74, 6) is 1.04. The molecule has 0 aromatic heterocycles. The van der Waals surface area contributed by atoms with E-state index in [1.54, 1.807) is 0 Å². The molecule has 94 valence electrons. The number of hydrogen-bond acceptors (Lipinski definition) is 2. The van der Waals surface area contributed by atoms with E-state index in [4.69, 9.17) is 0 Å². The molecule has 0 atom stereocenters. The molecule has 3 heteroatoms. The van der Waals surface area contributed by atoms with Crippen molar-refractivity contribution in [2.75, 3.05) is 26.7 Å². The molecule has 16 heavy (non-hydrogen) atoms. The van der Waals surface area contributed by atoms with E-state index < -0.39 is 0 Å². The fraction of sp³-hybridized carbons (Fsp3) is 0.923. The van der Waals surface area contributed by atoms with E-state index in [1.807, 2.05) is 11.9 Å². The first-order chi connectivity index (χ1) is 7.74. The summed E-state index contributed by atoms with van der Waals surface area (Å²) in [6.45, 7) is 4.78. The van der Waals surface area contributed by atoms with Gasteiger partial charge in [-0.05, 0) is 25.3 Å². The van der Waals surface area contributed by atoms with Crippen molar-refractivity contribution in [3.63, 3.8) is 0 Å². The molecule has 0 aliphatic heterocycles. The molecule has 0 unspecified atom stereocenters. The molecule has 0 aromatic rings. The van der Waals surface area contributed by atoms with Gasteiger partial charge in [0, 0.05) is 26.6 Å². The average molecular weight is 226 g/mol. The van der Waals surface area contributed by atoms with Gasteiger partial charge >= 0.3 is 0 Å². The molecular formula is C13H26N2O. The highest BCUT2D eigenvalue weighted by Crippen LogP contribution is 2.24. The zero-order valence-corrected chi connectivity index (χ0v) is 10.8. The third kappa shape index (κ3) is 4.97. The molecule has 0 aromatic carbocycles. The Morgan fingerprint density at radius 1 is 1.31 bits per heavy atom. The van der Waals surface area contributed by atoms with E-state index in [0.717, 1.165) is 25.6 Å². The lowest BCUT2D eigenvalue weighted by atomic mass is 9.89. The molecule has 1 amide bonds. The Bertz CT molecular complexity index is 200. The Balaban J connectivity index is 2.16. The van der Waals surface area contributed by atoms with Gasteiger partial charge in [-0.2, -0.15) is 0 Å². The predicted octanol–water partition coefficient (Wildman–Crippen LogP) is 2.02. The van der Waals surface area contributed by atoms with Crippen LogP contribution in [0.15, 0.2) is 0 Å². The van der Waals surface area contributed by atoms with E-state index >= 15 is 0 Å². The number of hydrogen-bond donors (Lipinski definition) is 1. The van der Waals surface area contributed by atoms with Crippen LogP contribution in [0.5, 0.6) is 0 Å². The molecule has 1 saturated carbocycles. The van der Waals surface area contributed by atoms with Crippen LogP contribution in [0.25, 0.3) is 0 Å². The van der Waals surface area contributed by atoms with Crippen LogP contribution in [0.1, 0.15) is 45.4 Å². The van der Waals surface area contributed by atoms with Crippen molar-refractivity contribution in [1.82, 2.24) is 10.2 Å². The standard InChI is InChI=1S/C13H26N2O/c1-3-14-10-9-13(16)15(2)11-12-7-5-4-6-8-12/h12,14H,3-11H2,1-2H3. The van der Waals surface area contributed by atoms with Gasteiger partial charge in [0.25, 0.3) is 0 Å². The van der Waals surface area contributed by atoms with Gasteiger partial charge in [0.05, 0.1) is 0 Å². The van der Waals surface area contributed by atoms with E-state index in [9.17, 15) is 4.79 Å². The second-order valence-electron chi connectivity index (χ2n) is 4.88. The Morgan fingerprint density at radius 2 is 2.00 bits per heavy atom. The van der Waals surface area contributed by atoms with E-state index in [1.165, 1.54) is 32.1 Å². The van der Waals surface area contributed by atoms with Gasteiger partial charge < -0.3 is 10.2 Å². The molecule has 3 nitrogen and oxygen atoms in total. The number of rotatable bonds is 6. The summed E-state index contributed by atoms with van der Waals surface area (Å²) in [6, 6.07) is 0. The quantitative estimate of drug-likeness (QED) is 0.703. The van der Waals surface area contributed by atoms with Gasteiger partial charge in [-0.1, -0.05) is 26.2 Å². The highest BCUT2D eigenvalue weighted by Gasteiger charge is 2.17. The van der Waals surface area contributed by atoms with Crippen LogP contribution >= 0.6 is 0 Å². The number of nitrogens with one attached hydrogen (secondary N) is 1. The summed E-state index contributed by atoms with van der Waals surface area (Å²) < 4.78 is 0. The Labute approximate surface area is 99.6 Å². The Morgan fingerprint density at radius 3 is 2.62 bits per heavy atom. The maximum Gasteiger partial charge on any atom is 0.223 e. The molecule has 1 rings (SSSR count). The van der Waals surface area contributed by atoms with Crippen molar-refractivity contribution in [2.45, 2.75) is 45.4 Å². The van der Waals surface area contributed by atoms with Gasteiger partial charge in [0.1, 0.15) is 0 Å². The lowest BCUT2D eigenvalue weighted by molar-refractivity contribution is -0.130. The summed E-state index contributed by atoms with van der Waals surface area (Å²) in [7, 11) is 1.95. The lowest BCUT2D eigenvalue weighted by Crippen LogP contribution is -2.34. The Hall–Kier alpha value is -0.570. The molecule has 0 radical (unpaired) electrons. The normalized spacial score (nSPS) is 17.4. The number of carbonyl (C=O) groups is 1. The average Bonchev–Trinajstić information content (AvgIpc) is 2.30. The molecule has 0 spiro atoms. The first kappa shape index (κ1) is 13.5. The van der Waals surface area contributed by atoms with Crippen LogP contribution in [0.2, 0.25) is 0 Å². The largest absolute Gasteiger partial charge is 0.345 e. The second-order valence-corrected chi connectivity index (χ2v) is 4.88. The first-order valence-electron chi connectivity index (χ1n) is 6.68. The number of amides is 1. The Kier molecular flexibility index (Phi) is 6.46. The number of carbonyl (C=O) groups excluding carboxylic acids is 1. The molecular weight excluding hydrogens is 200 g/mol. The van der Waals surface area contributed by atoms with Crippen LogP contribution in [0.3, 0.4) is 0 Å². The van der Waals surface area contributed by atoms with Crippen LogP contribution in [-0.4, -0.2) is 37.5 Å². The minimum absolute atomic E-state index is 0.284. The molecule has 1 fully saturated rings. The molecule has 1 aliphatic carbocycles. The van der Waals surface area contributed by atoms with Crippen LogP contribution in [0.4, 0.5) is 0 Å². The van der Waals surface area contributed by atoms with Gasteiger partial charge in [-0.3, -0.25) is 4.79 Å². The maximum atomic E-state index is 11.8. The van der Waals surface area contributed by atoms with Gasteiger partial charge in [0.2, 0.25) is 5.91 Å². The van der Waals surface area contributed by atoms with Crippen LogP contribution in [0, 0.1) is 5.92 Å². The van der Waals surface area contributed by atoms with Crippen molar-refractivity contribution < 1.29 is 4.79 Å². The third-order valence-electron chi connectivity index (χ3n) is 3.45. The van der Waals surface area contributed by atoms with Gasteiger partial charge in [-0.15, -0.1) is 0 Å². The van der Waals surface area contributed by atoms with Crippen molar-refractivity contribution in [1.29, 1.82) is 0 Å². The highest BCUT2D eigenvalue weighted by molar-refractivity contribution is 5.76. The minimum atomic E-state index is 0.284. The van der Waals surface area contributed by atoms with Crippen molar-refractivity contribution in [3.05, 3.63) is 0 Å². The van der Waals surface area contributed by atoms with Gasteiger partial charge in [0.15, 0.2) is 0 Å². The van der Waals surface area contributed by atoms with Crippen molar-refractivity contribution >= 4 is 5.91 Å². The summed E-state index contributed by atoms with van der Waals surface area (Å²) in [4.78, 5) is 13.7. The van der Waals surface area contributed by atoms with E-state index in [-0.39, 0.29) is 5.91 Å². The molecule has 0 bridgehead atoms. The molecule has 0 saturated heterocycles. The monoisotopic (exact) mass is 226 g/mol. The second kappa shape index (κ2) is 7.66. The van der Waals surface area contributed by atoms with Crippen molar-refractivity contribution in [2.24, 2.45) is 5.92 Å². The summed E-state index contributed by atoms with van der Waals surface area (Å²) in [5.41, 5.74) is 0. The summed E-state index contributed by atoms with van der Waals surface area (Å²) >= 11 is 0.